The van der Waals surface area contributed by atoms with Crippen LogP contribution in [0.4, 0.5) is 4.79 Å². The Morgan fingerprint density at radius 3 is 2.39 bits per heavy atom. The second-order valence-electron chi connectivity index (χ2n) is 7.74. The number of aryl methyl sites for hydroxylation is 1. The monoisotopic (exact) mass is 316 g/mol. The van der Waals surface area contributed by atoms with Gasteiger partial charge in [-0.25, -0.2) is 4.79 Å². The van der Waals surface area contributed by atoms with E-state index in [1.165, 1.54) is 11.1 Å². The molecule has 2 unspecified atom stereocenters. The number of carbonyl (C=O) groups excluding carboxylic acids is 1. The molecule has 0 spiro atoms. The number of rotatable bonds is 4. The lowest BCUT2D eigenvalue weighted by molar-refractivity contribution is 0.0269. The fourth-order valence-corrected chi connectivity index (χ4v) is 3.61. The number of fused-ring (bicyclic) bond motifs is 1. The predicted octanol–water partition coefficient (Wildman–Crippen LogP) is 3.20. The summed E-state index contributed by atoms with van der Waals surface area (Å²) in [5.41, 5.74) is 2.40. The van der Waals surface area contributed by atoms with Crippen molar-refractivity contribution in [3.63, 3.8) is 0 Å². The van der Waals surface area contributed by atoms with Crippen LogP contribution in [0.5, 0.6) is 0 Å². The number of ether oxygens (including phenoxy) is 1. The lowest BCUT2D eigenvalue weighted by atomic mass is 10.1. The molecule has 23 heavy (non-hydrogen) atoms. The van der Waals surface area contributed by atoms with Gasteiger partial charge in [0, 0.05) is 25.7 Å². The smallest absolute Gasteiger partial charge is 0.410 e. The number of piperidine rings is 1. The first-order chi connectivity index (χ1) is 10.9. The van der Waals surface area contributed by atoms with Gasteiger partial charge in [-0.3, -0.25) is 0 Å². The molecule has 1 aromatic rings. The van der Waals surface area contributed by atoms with Gasteiger partial charge in [0.15, 0.2) is 0 Å². The molecule has 3 rings (SSSR count). The Labute approximate surface area is 139 Å². The number of benzene rings is 1. The van der Waals surface area contributed by atoms with E-state index in [0.717, 1.165) is 26.1 Å². The Bertz CT molecular complexity index is 567. The second-order valence-corrected chi connectivity index (χ2v) is 7.74. The van der Waals surface area contributed by atoms with Gasteiger partial charge < -0.3 is 15.0 Å². The van der Waals surface area contributed by atoms with Crippen molar-refractivity contribution in [2.45, 2.75) is 52.3 Å². The highest BCUT2D eigenvalue weighted by Crippen LogP contribution is 2.45. The minimum atomic E-state index is -0.411. The van der Waals surface area contributed by atoms with Crippen LogP contribution in [0, 0.1) is 11.8 Å². The molecule has 1 heterocycles. The fourth-order valence-electron chi connectivity index (χ4n) is 3.61. The van der Waals surface area contributed by atoms with Gasteiger partial charge in [-0.1, -0.05) is 31.2 Å². The SMILES string of the molecule is CCc1ccccc1CNC1C2CN(C(=O)OC(C)(C)C)CC21. The van der Waals surface area contributed by atoms with E-state index in [1.54, 1.807) is 0 Å². The van der Waals surface area contributed by atoms with Crippen LogP contribution in [0.25, 0.3) is 0 Å². The molecule has 0 radical (unpaired) electrons. The number of hydrogen-bond acceptors (Lipinski definition) is 3. The maximum Gasteiger partial charge on any atom is 0.410 e. The predicted molar refractivity (Wildman–Crippen MR) is 91.2 cm³/mol. The van der Waals surface area contributed by atoms with Gasteiger partial charge in [-0.2, -0.15) is 0 Å². The van der Waals surface area contributed by atoms with Crippen LogP contribution in [-0.2, 0) is 17.7 Å². The summed E-state index contributed by atoms with van der Waals surface area (Å²) in [4.78, 5) is 13.9. The zero-order chi connectivity index (χ0) is 16.6. The van der Waals surface area contributed by atoms with E-state index in [1.807, 2.05) is 25.7 Å². The summed E-state index contributed by atoms with van der Waals surface area (Å²) >= 11 is 0. The van der Waals surface area contributed by atoms with Crippen LogP contribution in [0.15, 0.2) is 24.3 Å². The molecule has 126 valence electrons. The van der Waals surface area contributed by atoms with Crippen molar-refractivity contribution in [3.8, 4) is 0 Å². The first-order valence-corrected chi connectivity index (χ1v) is 8.67. The van der Waals surface area contributed by atoms with Crippen molar-refractivity contribution in [2.24, 2.45) is 11.8 Å². The Morgan fingerprint density at radius 1 is 1.22 bits per heavy atom. The molecule has 0 aromatic heterocycles. The molecule has 1 amide bonds. The third kappa shape index (κ3) is 3.69. The van der Waals surface area contributed by atoms with Crippen molar-refractivity contribution in [1.82, 2.24) is 10.2 Å². The van der Waals surface area contributed by atoms with Crippen molar-refractivity contribution in [3.05, 3.63) is 35.4 Å². The zero-order valence-corrected chi connectivity index (χ0v) is 14.6. The van der Waals surface area contributed by atoms with Gasteiger partial charge in [0.1, 0.15) is 5.60 Å². The van der Waals surface area contributed by atoms with Crippen LogP contribution in [-0.4, -0.2) is 35.7 Å². The average molecular weight is 316 g/mol. The van der Waals surface area contributed by atoms with Gasteiger partial charge in [0.25, 0.3) is 0 Å². The number of likely N-dealkylation sites (tertiary alicyclic amines) is 1. The van der Waals surface area contributed by atoms with Gasteiger partial charge in [0.2, 0.25) is 0 Å². The Hall–Kier alpha value is -1.55. The Morgan fingerprint density at radius 2 is 1.83 bits per heavy atom. The molecule has 2 fully saturated rings. The van der Waals surface area contributed by atoms with E-state index >= 15 is 0 Å². The van der Waals surface area contributed by atoms with E-state index in [9.17, 15) is 4.79 Å². The minimum Gasteiger partial charge on any atom is -0.444 e. The van der Waals surface area contributed by atoms with E-state index < -0.39 is 5.60 Å². The normalized spacial score (nSPS) is 26.1. The van der Waals surface area contributed by atoms with Gasteiger partial charge >= 0.3 is 6.09 Å². The molecular weight excluding hydrogens is 288 g/mol. The molecule has 1 saturated carbocycles. The second kappa shape index (κ2) is 6.16. The van der Waals surface area contributed by atoms with E-state index in [2.05, 4.69) is 36.5 Å². The highest BCUT2D eigenvalue weighted by Gasteiger charge is 2.56. The summed E-state index contributed by atoms with van der Waals surface area (Å²) in [6, 6.07) is 9.17. The van der Waals surface area contributed by atoms with Crippen molar-refractivity contribution in [2.75, 3.05) is 13.1 Å². The quantitative estimate of drug-likeness (QED) is 0.927. The maximum absolute atomic E-state index is 12.1. The number of hydrogen-bond donors (Lipinski definition) is 1. The fraction of sp³-hybridized carbons (Fsp3) is 0.632. The molecular formula is C19H28N2O2. The molecule has 0 bridgehead atoms. The molecule has 4 nitrogen and oxygen atoms in total. The third-order valence-corrected chi connectivity index (χ3v) is 4.87. The first kappa shape index (κ1) is 16.3. The third-order valence-electron chi connectivity index (χ3n) is 4.87. The van der Waals surface area contributed by atoms with E-state index in [4.69, 9.17) is 4.74 Å². The number of nitrogens with one attached hydrogen (secondary N) is 1. The Kier molecular flexibility index (Phi) is 4.37. The van der Waals surface area contributed by atoms with Crippen LogP contribution in [0.1, 0.15) is 38.8 Å². The minimum absolute atomic E-state index is 0.167. The summed E-state index contributed by atoms with van der Waals surface area (Å²) < 4.78 is 5.45. The molecule has 4 heteroatoms. The summed E-state index contributed by atoms with van der Waals surface area (Å²) in [7, 11) is 0. The van der Waals surface area contributed by atoms with Crippen molar-refractivity contribution < 1.29 is 9.53 Å². The molecule has 1 N–H and O–H groups in total. The summed E-state index contributed by atoms with van der Waals surface area (Å²) in [5, 5.41) is 3.68. The van der Waals surface area contributed by atoms with Gasteiger partial charge in [-0.05, 0) is 50.2 Å². The molecule has 2 aliphatic rings. The van der Waals surface area contributed by atoms with E-state index in [0.29, 0.717) is 17.9 Å². The largest absolute Gasteiger partial charge is 0.444 e. The topological polar surface area (TPSA) is 41.6 Å². The maximum atomic E-state index is 12.1. The number of nitrogens with zero attached hydrogens (tertiary/aromatic N) is 1. The summed E-state index contributed by atoms with van der Waals surface area (Å²) in [6.07, 6.45) is 0.904. The molecule has 2 atom stereocenters. The van der Waals surface area contributed by atoms with Gasteiger partial charge in [-0.15, -0.1) is 0 Å². The Balaban J connectivity index is 1.46. The van der Waals surface area contributed by atoms with Crippen molar-refractivity contribution in [1.29, 1.82) is 0 Å². The lowest BCUT2D eigenvalue weighted by Gasteiger charge is -2.26. The number of carbonyl (C=O) groups is 1. The van der Waals surface area contributed by atoms with Gasteiger partial charge in [0.05, 0.1) is 0 Å². The average Bonchev–Trinajstić information content (AvgIpc) is 2.93. The molecule has 1 saturated heterocycles. The van der Waals surface area contributed by atoms with Crippen molar-refractivity contribution >= 4 is 6.09 Å². The van der Waals surface area contributed by atoms with Crippen LogP contribution < -0.4 is 5.32 Å². The van der Waals surface area contributed by atoms with Crippen LogP contribution >= 0.6 is 0 Å². The first-order valence-electron chi connectivity index (χ1n) is 8.67. The molecule has 1 aliphatic carbocycles. The highest BCUT2D eigenvalue weighted by molar-refractivity contribution is 5.69. The van der Waals surface area contributed by atoms with E-state index in [-0.39, 0.29) is 6.09 Å². The van der Waals surface area contributed by atoms with Crippen LogP contribution in [0.3, 0.4) is 0 Å². The van der Waals surface area contributed by atoms with Crippen LogP contribution in [0.2, 0.25) is 0 Å². The highest BCUT2D eigenvalue weighted by atomic mass is 16.6. The summed E-state index contributed by atoms with van der Waals surface area (Å²) in [5.74, 6) is 1.19. The standard InChI is InChI=1S/C19H28N2O2/c1-5-13-8-6-7-9-14(13)10-20-17-15-11-21(12-16(15)17)18(22)23-19(2,3)4/h6-9,15-17,20H,5,10-12H2,1-4H3. The number of amides is 1. The lowest BCUT2D eigenvalue weighted by Crippen LogP contribution is -2.39. The molecule has 1 aliphatic heterocycles. The zero-order valence-electron chi connectivity index (χ0n) is 14.6. The molecule has 1 aromatic carbocycles. The summed E-state index contributed by atoms with van der Waals surface area (Å²) in [6.45, 7) is 10.5.